The summed E-state index contributed by atoms with van der Waals surface area (Å²) in [4.78, 5) is 31.7. The molecule has 2 aromatic rings. The SMILES string of the molecule is BrCCCCCCBr.C.O=CO[O-].O=Cc1ccc(O)cc1.O=Cc1ccc(OCCCCCCBr)cc1.[CH3-].[H-].[K+].[K+]. The Balaban J connectivity index is -0.0000000821. The van der Waals surface area contributed by atoms with Gasteiger partial charge in [0.1, 0.15) is 24.1 Å². The number of unbranched alkanes of at least 4 members (excludes halogenated alkanes) is 6. The molecule has 7 nitrogen and oxygen atoms in total. The van der Waals surface area contributed by atoms with Crippen LogP contribution in [0, 0.1) is 7.43 Å². The molecule has 0 aliphatic heterocycles. The van der Waals surface area contributed by atoms with E-state index in [0.29, 0.717) is 11.1 Å². The number of hydrogen-bond acceptors (Lipinski definition) is 7. The topological polar surface area (TPSA) is 113 Å². The van der Waals surface area contributed by atoms with Gasteiger partial charge in [0.25, 0.3) is 6.47 Å². The summed E-state index contributed by atoms with van der Waals surface area (Å²) in [7, 11) is 0. The number of aldehydes is 2. The molecule has 2 rings (SSSR count). The van der Waals surface area contributed by atoms with Crippen LogP contribution in [0.15, 0.2) is 48.5 Å². The van der Waals surface area contributed by atoms with Crippen LogP contribution in [0.3, 0.4) is 0 Å². The molecule has 2 aromatic carbocycles. The van der Waals surface area contributed by atoms with Crippen LogP contribution in [0.1, 0.15) is 80.9 Å². The van der Waals surface area contributed by atoms with Crippen molar-refractivity contribution in [1.29, 1.82) is 0 Å². The van der Waals surface area contributed by atoms with Gasteiger partial charge < -0.3 is 28.8 Å². The Kier molecular flexibility index (Phi) is 61.6. The monoisotopic (exact) mass is 819 g/mol. The minimum absolute atomic E-state index is 0. The smallest absolute Gasteiger partial charge is 1.00 e. The second-order valence-electron chi connectivity index (χ2n) is 7.33. The van der Waals surface area contributed by atoms with Crippen LogP contribution in [0.25, 0.3) is 0 Å². The molecule has 0 atom stereocenters. The Labute approximate surface area is 359 Å². The predicted octanol–water partition coefficient (Wildman–Crippen LogP) is 2.02. The van der Waals surface area contributed by atoms with Gasteiger partial charge in [0.05, 0.1) is 6.61 Å². The average molecular weight is 823 g/mol. The standard InChI is InChI=1S/C13H17BrO2.C7H6O2.C6H12Br2.CH2O3.CH4.CH3.2K.H/c14-9-3-1-2-4-10-16-13-7-5-12(11-15)6-8-13;8-5-6-1-3-7(9)4-2-6;7-5-3-1-2-4-6-8;2-1-4-3;;;;;/h5-8,11H,1-4,9-10H2;1-5,9H;1-6H2;1,3H;1H4;1H3;;;/q;;;;;-1;2*+1;-1/p-1. The molecule has 0 heterocycles. The van der Waals surface area contributed by atoms with E-state index in [-0.39, 0.29) is 131 Å². The van der Waals surface area contributed by atoms with Crippen molar-refractivity contribution in [2.45, 2.75) is 58.8 Å². The number of carbonyl (C=O) groups is 3. The molecule has 41 heavy (non-hydrogen) atoms. The fraction of sp³-hybridized carbons (Fsp3) is 0.448. The first-order valence-electron chi connectivity index (χ1n) is 11.8. The van der Waals surface area contributed by atoms with E-state index in [1.54, 1.807) is 24.3 Å². The van der Waals surface area contributed by atoms with E-state index in [1.807, 2.05) is 12.1 Å². The predicted molar refractivity (Wildman–Crippen MR) is 171 cm³/mol. The molecule has 12 heteroatoms. The zero-order valence-electron chi connectivity index (χ0n) is 24.9. The van der Waals surface area contributed by atoms with Crippen LogP contribution in [-0.4, -0.2) is 46.7 Å². The number of alkyl halides is 3. The van der Waals surface area contributed by atoms with Crippen LogP contribution in [0.4, 0.5) is 0 Å². The molecule has 0 unspecified atom stereocenters. The summed E-state index contributed by atoms with van der Waals surface area (Å²) in [5.74, 6) is 1.02. The van der Waals surface area contributed by atoms with Gasteiger partial charge in [-0.25, -0.2) is 0 Å². The van der Waals surface area contributed by atoms with Gasteiger partial charge in [0, 0.05) is 27.1 Å². The van der Waals surface area contributed by atoms with Gasteiger partial charge in [-0.2, -0.15) is 0 Å². The molecule has 0 fully saturated rings. The fourth-order valence-electron chi connectivity index (χ4n) is 2.48. The van der Waals surface area contributed by atoms with E-state index in [2.05, 4.69) is 52.7 Å². The quantitative estimate of drug-likeness (QED) is 0.0557. The van der Waals surface area contributed by atoms with Gasteiger partial charge in [-0.05, 0) is 74.2 Å². The van der Waals surface area contributed by atoms with E-state index in [4.69, 9.17) is 19.9 Å². The Bertz CT molecular complexity index is 786. The normalized spacial score (nSPS) is 8.29. The van der Waals surface area contributed by atoms with Crippen LogP contribution in [0.2, 0.25) is 0 Å². The zero-order valence-corrected chi connectivity index (χ0v) is 34.9. The molecule has 0 aliphatic carbocycles. The van der Waals surface area contributed by atoms with Gasteiger partial charge >= 0.3 is 103 Å². The van der Waals surface area contributed by atoms with Crippen molar-refractivity contribution in [2.24, 2.45) is 0 Å². The third-order valence-corrected chi connectivity index (χ3v) is 6.08. The Morgan fingerprint density at radius 2 is 1.02 bits per heavy atom. The van der Waals surface area contributed by atoms with Crippen molar-refractivity contribution in [3.05, 3.63) is 67.1 Å². The minimum atomic E-state index is -0.181. The third-order valence-electron chi connectivity index (χ3n) is 4.40. The number of phenolic OH excluding ortho intramolecular Hbond substituents is 1. The molecule has 0 saturated carbocycles. The molecule has 0 radical (unpaired) electrons. The van der Waals surface area contributed by atoms with Crippen LogP contribution in [0.5, 0.6) is 11.5 Å². The second kappa shape index (κ2) is 45.9. The maximum atomic E-state index is 10.4. The summed E-state index contributed by atoms with van der Waals surface area (Å²) in [6.45, 7) is 0.572. The van der Waals surface area contributed by atoms with Crippen molar-refractivity contribution in [3.8, 4) is 11.5 Å². The minimum Gasteiger partial charge on any atom is -1.00 e. The first-order valence-corrected chi connectivity index (χ1v) is 15.2. The van der Waals surface area contributed by atoms with Crippen LogP contribution >= 0.6 is 47.8 Å². The van der Waals surface area contributed by atoms with E-state index in [9.17, 15) is 9.59 Å². The van der Waals surface area contributed by atoms with Gasteiger partial charge in [-0.15, -0.1) is 0 Å². The van der Waals surface area contributed by atoms with Gasteiger partial charge in [-0.3, -0.25) is 14.4 Å². The molecule has 0 saturated heterocycles. The van der Waals surface area contributed by atoms with E-state index in [0.717, 1.165) is 47.3 Å². The van der Waals surface area contributed by atoms with Crippen molar-refractivity contribution in [1.82, 2.24) is 0 Å². The second-order valence-corrected chi connectivity index (χ2v) is 9.71. The van der Waals surface area contributed by atoms with E-state index >= 15 is 0 Å². The van der Waals surface area contributed by atoms with E-state index in [1.165, 1.54) is 57.1 Å². The summed E-state index contributed by atoms with van der Waals surface area (Å²) < 4.78 is 5.56. The van der Waals surface area contributed by atoms with Crippen LogP contribution < -0.4 is 113 Å². The van der Waals surface area contributed by atoms with Crippen LogP contribution in [-0.2, 0) is 9.68 Å². The Hall–Kier alpha value is 1.52. The first kappa shape index (κ1) is 55.0. The summed E-state index contributed by atoms with van der Waals surface area (Å²) in [6, 6.07) is 13.3. The number of hydrogen-bond donors (Lipinski definition) is 1. The van der Waals surface area contributed by atoms with E-state index < -0.39 is 0 Å². The molecule has 0 bridgehead atoms. The number of rotatable bonds is 15. The summed E-state index contributed by atoms with van der Waals surface area (Å²) in [6.07, 6.45) is 11.7. The number of halogens is 3. The fourth-order valence-corrected chi connectivity index (χ4v) is 3.67. The molecule has 0 aliphatic rings. The van der Waals surface area contributed by atoms with Crippen molar-refractivity contribution >= 4 is 66.8 Å². The van der Waals surface area contributed by atoms with Crippen molar-refractivity contribution in [2.75, 3.05) is 22.6 Å². The molecule has 1 N–H and O–H groups in total. The molecular weight excluding hydrogens is 778 g/mol. The van der Waals surface area contributed by atoms with Crippen molar-refractivity contribution in [3.63, 3.8) is 0 Å². The summed E-state index contributed by atoms with van der Waals surface area (Å²) in [5.41, 5.74) is 1.26. The number of aromatic hydroxyl groups is 1. The molecule has 226 valence electrons. The molecule has 0 spiro atoms. The van der Waals surface area contributed by atoms with Crippen molar-refractivity contribution < 1.29 is 139 Å². The average Bonchev–Trinajstić information content (AvgIpc) is 2.94. The number of carbonyl (C=O) groups excluding carboxylic acids is 3. The largest absolute Gasteiger partial charge is 1.00 e. The first-order chi connectivity index (χ1) is 18.0. The van der Waals surface area contributed by atoms with Gasteiger partial charge in [-0.1, -0.05) is 80.9 Å². The zero-order chi connectivity index (χ0) is 28.0. The molecular formula is C29H44Br3K2O7-. The van der Waals surface area contributed by atoms with Gasteiger partial charge in [0.2, 0.25) is 0 Å². The molecule has 0 aromatic heterocycles. The Morgan fingerprint density at radius 3 is 1.34 bits per heavy atom. The number of benzene rings is 2. The van der Waals surface area contributed by atoms with Gasteiger partial charge in [0.15, 0.2) is 0 Å². The number of ether oxygens (including phenoxy) is 1. The maximum absolute atomic E-state index is 10.4. The molecule has 0 amide bonds. The summed E-state index contributed by atoms with van der Waals surface area (Å²) in [5, 5.41) is 20.6. The summed E-state index contributed by atoms with van der Waals surface area (Å²) >= 11 is 10.2. The third kappa shape index (κ3) is 41.5. The maximum Gasteiger partial charge on any atom is 1.00 e. The Morgan fingerprint density at radius 1 is 0.683 bits per heavy atom. The number of phenols is 1.